The van der Waals surface area contributed by atoms with Crippen molar-refractivity contribution in [3.63, 3.8) is 0 Å². The van der Waals surface area contributed by atoms with E-state index in [1.807, 2.05) is 12.1 Å². The number of benzene rings is 2. The van der Waals surface area contributed by atoms with E-state index in [-0.39, 0.29) is 19.1 Å². The van der Waals surface area contributed by atoms with Gasteiger partial charge in [-0.1, -0.05) is 95.8 Å². The van der Waals surface area contributed by atoms with E-state index in [4.69, 9.17) is 9.47 Å². The number of carbonyl (C=O) groups is 2. The Labute approximate surface area is 186 Å². The summed E-state index contributed by atoms with van der Waals surface area (Å²) in [5.74, 6) is -0.842. The van der Waals surface area contributed by atoms with Crippen molar-refractivity contribution in [1.82, 2.24) is 0 Å². The van der Waals surface area contributed by atoms with Crippen molar-refractivity contribution in [3.05, 3.63) is 71.9 Å². The van der Waals surface area contributed by atoms with Crippen molar-refractivity contribution >= 4 is 30.4 Å². The summed E-state index contributed by atoms with van der Waals surface area (Å²) in [6, 6.07) is 21.1. The van der Waals surface area contributed by atoms with Crippen molar-refractivity contribution in [2.45, 2.75) is 40.2 Å². The molecule has 1 aliphatic carbocycles. The first kappa shape index (κ1) is 23.0. The molecule has 0 aliphatic heterocycles. The smallest absolute Gasteiger partial charge is 0.323 e. The largest absolute Gasteiger partial charge is 0.465 e. The molecule has 0 saturated heterocycles. The fraction of sp³-hybridized carbons (Fsp3) is 0.385. The van der Waals surface area contributed by atoms with Crippen LogP contribution < -0.4 is 10.4 Å². The van der Waals surface area contributed by atoms with Gasteiger partial charge in [0.05, 0.1) is 13.2 Å². The highest BCUT2D eigenvalue weighted by Crippen LogP contribution is 2.47. The summed E-state index contributed by atoms with van der Waals surface area (Å²) in [5.41, 5.74) is 2.27. The van der Waals surface area contributed by atoms with E-state index in [1.165, 1.54) is 10.4 Å². The van der Waals surface area contributed by atoms with Crippen LogP contribution in [-0.2, 0) is 19.1 Å². The van der Waals surface area contributed by atoms with Gasteiger partial charge in [0.15, 0.2) is 5.41 Å². The average molecular weight is 437 g/mol. The summed E-state index contributed by atoms with van der Waals surface area (Å²) in [4.78, 5) is 25.9. The molecule has 31 heavy (non-hydrogen) atoms. The van der Waals surface area contributed by atoms with Gasteiger partial charge in [0, 0.05) is 0 Å². The Morgan fingerprint density at radius 2 is 1.39 bits per heavy atom. The van der Waals surface area contributed by atoms with Gasteiger partial charge in [0.25, 0.3) is 0 Å². The molecule has 1 aliphatic rings. The van der Waals surface area contributed by atoms with Gasteiger partial charge >= 0.3 is 11.9 Å². The molecule has 4 nitrogen and oxygen atoms in total. The van der Waals surface area contributed by atoms with E-state index in [1.54, 1.807) is 13.8 Å². The first-order valence-corrected chi connectivity index (χ1v) is 13.6. The van der Waals surface area contributed by atoms with Crippen LogP contribution in [0.25, 0.3) is 0 Å². The van der Waals surface area contributed by atoms with Crippen molar-refractivity contribution in [3.8, 4) is 0 Å². The lowest BCUT2D eigenvalue weighted by Gasteiger charge is -2.27. The molecule has 1 fully saturated rings. The fourth-order valence-corrected chi connectivity index (χ4v) is 8.21. The standard InChI is InChI=1S/C26H32O4Si/c1-5-29-24(27)26(25(28)30-6-2)17-20(3)21(18-26)19-31(4,22-13-9-7-10-14-22)23-15-11-8-12-16-23/h7-16,19-20H,5-6,17-18H2,1-4H3/b21-19-. The second kappa shape index (κ2) is 9.65. The number of hydrogen-bond donors (Lipinski definition) is 0. The van der Waals surface area contributed by atoms with Crippen LogP contribution in [0.5, 0.6) is 0 Å². The summed E-state index contributed by atoms with van der Waals surface area (Å²) >= 11 is 0. The molecule has 0 N–H and O–H groups in total. The van der Waals surface area contributed by atoms with Crippen LogP contribution in [0.3, 0.4) is 0 Å². The molecule has 0 amide bonds. The van der Waals surface area contributed by atoms with Crippen LogP contribution in [0.1, 0.15) is 33.6 Å². The Kier molecular flexibility index (Phi) is 7.16. The zero-order valence-corrected chi connectivity index (χ0v) is 19.9. The number of allylic oxidation sites excluding steroid dienone is 1. The molecule has 1 saturated carbocycles. The Hall–Kier alpha value is -2.66. The molecule has 0 aromatic heterocycles. The molecule has 2 aromatic rings. The Bertz CT molecular complexity index is 879. The normalized spacial score (nSPS) is 19.2. The van der Waals surface area contributed by atoms with Crippen LogP contribution >= 0.6 is 0 Å². The lowest BCUT2D eigenvalue weighted by molar-refractivity contribution is -0.171. The van der Waals surface area contributed by atoms with Crippen LogP contribution in [-0.4, -0.2) is 33.2 Å². The predicted octanol–water partition coefficient (Wildman–Crippen LogP) is 3.89. The van der Waals surface area contributed by atoms with E-state index in [9.17, 15) is 9.59 Å². The minimum Gasteiger partial charge on any atom is -0.465 e. The zero-order chi connectivity index (χ0) is 22.5. The molecular weight excluding hydrogens is 404 g/mol. The topological polar surface area (TPSA) is 52.6 Å². The van der Waals surface area contributed by atoms with Crippen molar-refractivity contribution in [1.29, 1.82) is 0 Å². The zero-order valence-electron chi connectivity index (χ0n) is 18.9. The average Bonchev–Trinajstić information content (AvgIpc) is 3.12. The monoisotopic (exact) mass is 436 g/mol. The summed E-state index contributed by atoms with van der Waals surface area (Å²) in [7, 11) is -2.24. The molecule has 0 bridgehead atoms. The maximum Gasteiger partial charge on any atom is 0.323 e. The second-order valence-electron chi connectivity index (χ2n) is 8.46. The number of rotatable bonds is 7. The summed E-state index contributed by atoms with van der Waals surface area (Å²) in [6.45, 7) is 8.44. The lowest BCUT2D eigenvalue weighted by Crippen LogP contribution is -2.54. The molecule has 5 heteroatoms. The van der Waals surface area contributed by atoms with Crippen LogP contribution in [0.15, 0.2) is 71.9 Å². The molecule has 1 unspecified atom stereocenters. The van der Waals surface area contributed by atoms with Crippen LogP contribution in [0.2, 0.25) is 6.55 Å². The number of hydrogen-bond acceptors (Lipinski definition) is 4. The molecule has 2 aromatic carbocycles. The minimum absolute atomic E-state index is 0.0908. The number of esters is 2. The summed E-state index contributed by atoms with van der Waals surface area (Å²) < 4.78 is 10.7. The SMILES string of the molecule is CCOC(=O)C1(C(=O)OCC)C/C(=C/[Si](C)(c2ccccc2)c2ccccc2)C(C)C1. The predicted molar refractivity (Wildman–Crippen MR) is 126 cm³/mol. The van der Waals surface area contributed by atoms with E-state index >= 15 is 0 Å². The highest BCUT2D eigenvalue weighted by molar-refractivity contribution is 7.05. The molecule has 0 heterocycles. The third-order valence-corrected chi connectivity index (χ3v) is 10.4. The van der Waals surface area contributed by atoms with Crippen molar-refractivity contribution in [2.75, 3.05) is 13.2 Å². The highest BCUT2D eigenvalue weighted by atomic mass is 28.3. The van der Waals surface area contributed by atoms with Gasteiger partial charge in [-0.3, -0.25) is 9.59 Å². The van der Waals surface area contributed by atoms with Crippen LogP contribution in [0, 0.1) is 11.3 Å². The molecule has 0 spiro atoms. The van der Waals surface area contributed by atoms with E-state index < -0.39 is 25.4 Å². The third kappa shape index (κ3) is 4.52. The van der Waals surface area contributed by atoms with Crippen LogP contribution in [0.4, 0.5) is 0 Å². The quantitative estimate of drug-likeness (QED) is 0.375. The van der Waals surface area contributed by atoms with Gasteiger partial charge in [-0.25, -0.2) is 0 Å². The van der Waals surface area contributed by atoms with Gasteiger partial charge in [-0.15, -0.1) is 0 Å². The second-order valence-corrected chi connectivity index (χ2v) is 12.3. The first-order chi connectivity index (χ1) is 14.9. The molecule has 0 radical (unpaired) electrons. The summed E-state index contributed by atoms with van der Waals surface area (Å²) in [6.07, 6.45) is 0.776. The van der Waals surface area contributed by atoms with E-state index in [0.717, 1.165) is 5.57 Å². The van der Waals surface area contributed by atoms with E-state index in [0.29, 0.717) is 12.8 Å². The van der Waals surface area contributed by atoms with Crippen molar-refractivity contribution < 1.29 is 19.1 Å². The molecule has 1 atom stereocenters. The Morgan fingerprint density at radius 1 is 0.935 bits per heavy atom. The Balaban J connectivity index is 2.09. The fourth-order valence-electron chi connectivity index (χ4n) is 4.65. The molecule has 3 rings (SSSR count). The third-order valence-electron chi connectivity index (χ3n) is 6.35. The lowest BCUT2D eigenvalue weighted by atomic mass is 9.85. The van der Waals surface area contributed by atoms with Gasteiger partial charge in [-0.05, 0) is 32.6 Å². The maximum absolute atomic E-state index is 12.9. The maximum atomic E-state index is 12.9. The Morgan fingerprint density at radius 3 is 1.81 bits per heavy atom. The molecular formula is C26H32O4Si. The van der Waals surface area contributed by atoms with Gasteiger partial charge < -0.3 is 9.47 Å². The van der Waals surface area contributed by atoms with E-state index in [2.05, 4.69) is 67.7 Å². The van der Waals surface area contributed by atoms with Gasteiger partial charge in [-0.2, -0.15) is 0 Å². The minimum atomic E-state index is -2.24. The highest BCUT2D eigenvalue weighted by Gasteiger charge is 2.55. The summed E-state index contributed by atoms with van der Waals surface area (Å²) in [5, 5.41) is 2.59. The first-order valence-electron chi connectivity index (χ1n) is 11.0. The van der Waals surface area contributed by atoms with Gasteiger partial charge in [0.1, 0.15) is 8.07 Å². The number of carbonyl (C=O) groups excluding carboxylic acids is 2. The number of ether oxygens (including phenoxy) is 2. The van der Waals surface area contributed by atoms with Crippen molar-refractivity contribution in [2.24, 2.45) is 11.3 Å². The molecule has 164 valence electrons. The van der Waals surface area contributed by atoms with Gasteiger partial charge in [0.2, 0.25) is 0 Å².